The van der Waals surface area contributed by atoms with E-state index in [-0.39, 0.29) is 18.2 Å². The van der Waals surface area contributed by atoms with Gasteiger partial charge in [0.05, 0.1) is 6.42 Å². The number of aliphatic carboxylic acids is 1. The summed E-state index contributed by atoms with van der Waals surface area (Å²) in [6, 6.07) is 6.75. The summed E-state index contributed by atoms with van der Waals surface area (Å²) in [5.74, 6) is -1.32. The van der Waals surface area contributed by atoms with Crippen LogP contribution in [-0.2, 0) is 16.0 Å². The van der Waals surface area contributed by atoms with E-state index in [2.05, 4.69) is 27.9 Å². The standard InChI is InChI=1S/C14H18INO3/c1-3-9(2)13(14(18)19)16-12(17)8-10-6-4-5-7-11(10)15/h4-7,9,13H,3,8H2,1-2H3,(H,16,17)(H,18,19)/t9-,13-/m0/s1. The van der Waals surface area contributed by atoms with Crippen molar-refractivity contribution >= 4 is 34.5 Å². The van der Waals surface area contributed by atoms with Crippen LogP contribution in [0.25, 0.3) is 0 Å². The Hall–Kier alpha value is -1.11. The van der Waals surface area contributed by atoms with Gasteiger partial charge in [-0.25, -0.2) is 4.79 Å². The van der Waals surface area contributed by atoms with Gasteiger partial charge in [0.25, 0.3) is 0 Å². The van der Waals surface area contributed by atoms with Gasteiger partial charge in [-0.15, -0.1) is 0 Å². The highest BCUT2D eigenvalue weighted by molar-refractivity contribution is 14.1. The molecule has 0 aromatic heterocycles. The average Bonchev–Trinajstić information content (AvgIpc) is 2.37. The third-order valence-corrected chi connectivity index (χ3v) is 4.16. The highest BCUT2D eigenvalue weighted by Gasteiger charge is 2.25. The van der Waals surface area contributed by atoms with E-state index in [0.29, 0.717) is 6.42 Å². The van der Waals surface area contributed by atoms with Crippen LogP contribution >= 0.6 is 22.6 Å². The normalized spacial score (nSPS) is 13.6. The smallest absolute Gasteiger partial charge is 0.326 e. The Morgan fingerprint density at radius 3 is 2.53 bits per heavy atom. The zero-order valence-electron chi connectivity index (χ0n) is 11.0. The number of amides is 1. The summed E-state index contributed by atoms with van der Waals surface area (Å²) in [4.78, 5) is 23.1. The lowest BCUT2D eigenvalue weighted by Gasteiger charge is -2.20. The second kappa shape index (κ2) is 7.47. The number of hydrogen-bond donors (Lipinski definition) is 2. The molecule has 0 aliphatic heterocycles. The Bertz CT molecular complexity index is 462. The molecule has 0 saturated carbocycles. The first-order chi connectivity index (χ1) is 8.95. The predicted octanol–water partition coefficient (Wildman–Crippen LogP) is 2.45. The fraction of sp³-hybridized carbons (Fsp3) is 0.429. The van der Waals surface area contributed by atoms with Gasteiger partial charge in [0.1, 0.15) is 6.04 Å². The van der Waals surface area contributed by atoms with Crippen LogP contribution in [0.1, 0.15) is 25.8 Å². The number of halogens is 1. The SMILES string of the molecule is CC[C@H](C)[C@H](NC(=O)Cc1ccccc1I)C(=O)O. The predicted molar refractivity (Wildman–Crippen MR) is 81.9 cm³/mol. The molecule has 0 unspecified atom stereocenters. The molecule has 19 heavy (non-hydrogen) atoms. The number of carbonyl (C=O) groups is 2. The fourth-order valence-corrected chi connectivity index (χ4v) is 2.30. The van der Waals surface area contributed by atoms with Gasteiger partial charge in [-0.3, -0.25) is 4.79 Å². The summed E-state index contributed by atoms with van der Waals surface area (Å²) < 4.78 is 1.01. The van der Waals surface area contributed by atoms with Gasteiger partial charge >= 0.3 is 5.97 Å². The van der Waals surface area contributed by atoms with E-state index in [4.69, 9.17) is 5.11 Å². The van der Waals surface area contributed by atoms with Crippen molar-refractivity contribution < 1.29 is 14.7 Å². The minimum absolute atomic E-state index is 0.0868. The fourth-order valence-electron chi connectivity index (χ4n) is 1.72. The molecule has 2 atom stereocenters. The third kappa shape index (κ3) is 4.81. The van der Waals surface area contributed by atoms with Crippen molar-refractivity contribution in [1.29, 1.82) is 0 Å². The Morgan fingerprint density at radius 2 is 2.00 bits per heavy atom. The number of hydrogen-bond acceptors (Lipinski definition) is 2. The van der Waals surface area contributed by atoms with Gasteiger partial charge in [0.2, 0.25) is 5.91 Å². The average molecular weight is 375 g/mol. The summed E-state index contributed by atoms with van der Waals surface area (Å²) in [6.45, 7) is 3.73. The van der Waals surface area contributed by atoms with E-state index in [9.17, 15) is 9.59 Å². The first kappa shape index (κ1) is 15.9. The minimum Gasteiger partial charge on any atom is -0.480 e. The van der Waals surface area contributed by atoms with E-state index in [1.165, 1.54) is 0 Å². The van der Waals surface area contributed by atoms with Gasteiger partial charge in [-0.2, -0.15) is 0 Å². The zero-order valence-corrected chi connectivity index (χ0v) is 13.2. The summed E-state index contributed by atoms with van der Waals surface area (Å²) in [5.41, 5.74) is 0.911. The molecule has 0 fully saturated rings. The number of carbonyl (C=O) groups excluding carboxylic acids is 1. The summed E-state index contributed by atoms with van der Waals surface area (Å²) in [6.07, 6.45) is 0.916. The first-order valence-electron chi connectivity index (χ1n) is 6.21. The molecule has 0 aliphatic carbocycles. The number of benzene rings is 1. The summed E-state index contributed by atoms with van der Waals surface area (Å²) >= 11 is 2.17. The van der Waals surface area contributed by atoms with Crippen LogP contribution in [0.3, 0.4) is 0 Å². The molecule has 0 aliphatic rings. The first-order valence-corrected chi connectivity index (χ1v) is 7.29. The molecule has 0 heterocycles. The van der Waals surface area contributed by atoms with Gasteiger partial charge in [0.15, 0.2) is 0 Å². The third-order valence-electron chi connectivity index (χ3n) is 3.10. The largest absolute Gasteiger partial charge is 0.480 e. The van der Waals surface area contributed by atoms with Crippen LogP contribution < -0.4 is 5.32 Å². The molecule has 0 radical (unpaired) electrons. The molecule has 104 valence electrons. The van der Waals surface area contributed by atoms with Crippen molar-refractivity contribution in [3.8, 4) is 0 Å². The molecule has 1 aromatic carbocycles. The zero-order chi connectivity index (χ0) is 14.4. The number of carboxylic acid groups (broad SMARTS) is 1. The molecule has 1 aromatic rings. The quantitative estimate of drug-likeness (QED) is 0.751. The molecule has 5 heteroatoms. The van der Waals surface area contributed by atoms with Crippen molar-refractivity contribution in [3.63, 3.8) is 0 Å². The second-order valence-corrected chi connectivity index (χ2v) is 5.70. The summed E-state index contributed by atoms with van der Waals surface area (Å²) in [5, 5.41) is 11.7. The van der Waals surface area contributed by atoms with E-state index >= 15 is 0 Å². The van der Waals surface area contributed by atoms with Crippen molar-refractivity contribution in [1.82, 2.24) is 5.32 Å². The molecule has 1 rings (SSSR count). The molecule has 4 nitrogen and oxygen atoms in total. The molecule has 0 bridgehead atoms. The monoisotopic (exact) mass is 375 g/mol. The van der Waals surface area contributed by atoms with Crippen LogP contribution in [0.5, 0.6) is 0 Å². The second-order valence-electron chi connectivity index (χ2n) is 4.54. The topological polar surface area (TPSA) is 66.4 Å². The Balaban J connectivity index is 2.68. The van der Waals surface area contributed by atoms with Crippen LogP contribution in [-0.4, -0.2) is 23.0 Å². The number of rotatable bonds is 6. The Kier molecular flexibility index (Phi) is 6.27. The maximum absolute atomic E-state index is 11.9. The van der Waals surface area contributed by atoms with Gasteiger partial charge in [0, 0.05) is 3.57 Å². The van der Waals surface area contributed by atoms with Crippen LogP contribution in [0.15, 0.2) is 24.3 Å². The molecule has 0 saturated heterocycles. The summed E-state index contributed by atoms with van der Waals surface area (Å²) in [7, 11) is 0. The molecule has 1 amide bonds. The highest BCUT2D eigenvalue weighted by Crippen LogP contribution is 2.13. The maximum atomic E-state index is 11.9. The number of nitrogens with one attached hydrogen (secondary N) is 1. The number of carboxylic acids is 1. The van der Waals surface area contributed by atoms with E-state index in [1.54, 1.807) is 0 Å². The lowest BCUT2D eigenvalue weighted by Crippen LogP contribution is -2.45. The van der Waals surface area contributed by atoms with Gasteiger partial charge < -0.3 is 10.4 Å². The minimum atomic E-state index is -0.981. The van der Waals surface area contributed by atoms with Gasteiger partial charge in [-0.05, 0) is 40.1 Å². The maximum Gasteiger partial charge on any atom is 0.326 e. The molecular weight excluding hydrogens is 357 g/mol. The lowest BCUT2D eigenvalue weighted by molar-refractivity contribution is -0.143. The highest BCUT2D eigenvalue weighted by atomic mass is 127. The van der Waals surface area contributed by atoms with E-state index in [1.807, 2.05) is 38.1 Å². The van der Waals surface area contributed by atoms with Crippen LogP contribution in [0, 0.1) is 9.49 Å². The van der Waals surface area contributed by atoms with Crippen molar-refractivity contribution in [2.45, 2.75) is 32.7 Å². The van der Waals surface area contributed by atoms with Gasteiger partial charge in [-0.1, -0.05) is 38.5 Å². The Labute approximate surface area is 126 Å². The van der Waals surface area contributed by atoms with Crippen molar-refractivity contribution in [3.05, 3.63) is 33.4 Å². The Morgan fingerprint density at radius 1 is 1.37 bits per heavy atom. The van der Waals surface area contributed by atoms with Crippen LogP contribution in [0.2, 0.25) is 0 Å². The van der Waals surface area contributed by atoms with Crippen molar-refractivity contribution in [2.24, 2.45) is 5.92 Å². The van der Waals surface area contributed by atoms with E-state index in [0.717, 1.165) is 9.13 Å². The lowest BCUT2D eigenvalue weighted by atomic mass is 9.99. The van der Waals surface area contributed by atoms with Crippen LogP contribution in [0.4, 0.5) is 0 Å². The molecule has 2 N–H and O–H groups in total. The molecular formula is C14H18INO3. The van der Waals surface area contributed by atoms with E-state index < -0.39 is 12.0 Å². The molecule has 0 spiro atoms. The van der Waals surface area contributed by atoms with Crippen molar-refractivity contribution in [2.75, 3.05) is 0 Å².